The van der Waals surface area contributed by atoms with Crippen molar-refractivity contribution in [3.63, 3.8) is 0 Å². The maximum absolute atomic E-state index is 13.0. The molecule has 120 valence electrons. The van der Waals surface area contributed by atoms with Gasteiger partial charge in [0.05, 0.1) is 19.1 Å². The second kappa shape index (κ2) is 6.39. The molecular weight excluding hydrogens is 304 g/mol. The second-order valence-electron chi connectivity index (χ2n) is 6.00. The van der Waals surface area contributed by atoms with Crippen molar-refractivity contribution in [1.29, 1.82) is 0 Å². The van der Waals surface area contributed by atoms with Gasteiger partial charge in [0.1, 0.15) is 5.41 Å². The Hall–Kier alpha value is -1.39. The van der Waals surface area contributed by atoms with E-state index in [2.05, 4.69) is 0 Å². The van der Waals surface area contributed by atoms with Crippen LogP contribution in [0.25, 0.3) is 0 Å². The summed E-state index contributed by atoms with van der Waals surface area (Å²) in [6.07, 6.45) is 1.69. The Kier molecular flexibility index (Phi) is 4.93. The van der Waals surface area contributed by atoms with E-state index >= 15 is 0 Å². The SMILES string of the molecule is CCC1(CO)CCC(Cc2ccc(Cl)cc2)(C(=O)OC)C1=O. The Bertz CT molecular complexity index is 563. The molecule has 0 saturated heterocycles. The van der Waals surface area contributed by atoms with Gasteiger partial charge in [-0.2, -0.15) is 0 Å². The van der Waals surface area contributed by atoms with Crippen LogP contribution in [-0.2, 0) is 20.7 Å². The van der Waals surface area contributed by atoms with Crippen molar-refractivity contribution >= 4 is 23.4 Å². The molecule has 1 fully saturated rings. The predicted octanol–water partition coefficient (Wildman–Crippen LogP) is 2.79. The molecule has 5 heteroatoms. The van der Waals surface area contributed by atoms with Gasteiger partial charge in [0.2, 0.25) is 0 Å². The van der Waals surface area contributed by atoms with Gasteiger partial charge in [0.25, 0.3) is 0 Å². The lowest BCUT2D eigenvalue weighted by Crippen LogP contribution is -2.44. The summed E-state index contributed by atoms with van der Waals surface area (Å²) in [4.78, 5) is 25.4. The third-order valence-electron chi connectivity index (χ3n) is 4.92. The molecule has 1 saturated carbocycles. The Morgan fingerprint density at radius 3 is 2.41 bits per heavy atom. The van der Waals surface area contributed by atoms with Gasteiger partial charge < -0.3 is 9.84 Å². The summed E-state index contributed by atoms with van der Waals surface area (Å²) in [6, 6.07) is 7.09. The number of aliphatic hydroxyl groups excluding tert-OH is 1. The molecule has 0 bridgehead atoms. The molecule has 22 heavy (non-hydrogen) atoms. The zero-order valence-electron chi connectivity index (χ0n) is 12.9. The number of halogens is 1. The van der Waals surface area contributed by atoms with Crippen LogP contribution in [0.15, 0.2) is 24.3 Å². The lowest BCUT2D eigenvalue weighted by atomic mass is 9.73. The molecule has 0 heterocycles. The summed E-state index contributed by atoms with van der Waals surface area (Å²) < 4.78 is 4.92. The first-order chi connectivity index (χ1) is 10.4. The fourth-order valence-electron chi connectivity index (χ4n) is 3.37. The van der Waals surface area contributed by atoms with Gasteiger partial charge >= 0.3 is 5.97 Å². The highest BCUT2D eigenvalue weighted by Crippen LogP contribution is 2.50. The van der Waals surface area contributed by atoms with E-state index in [1.165, 1.54) is 7.11 Å². The Morgan fingerprint density at radius 2 is 1.95 bits per heavy atom. The van der Waals surface area contributed by atoms with Crippen molar-refractivity contribution in [1.82, 2.24) is 0 Å². The molecule has 0 radical (unpaired) electrons. The van der Waals surface area contributed by atoms with Crippen LogP contribution in [0.2, 0.25) is 5.02 Å². The number of ether oxygens (including phenoxy) is 1. The highest BCUT2D eigenvalue weighted by molar-refractivity contribution is 6.30. The lowest BCUT2D eigenvalue weighted by Gasteiger charge is -2.29. The molecular formula is C17H21ClO4. The summed E-state index contributed by atoms with van der Waals surface area (Å²) in [6.45, 7) is 1.63. The quantitative estimate of drug-likeness (QED) is 0.668. The van der Waals surface area contributed by atoms with E-state index in [0.29, 0.717) is 24.3 Å². The third kappa shape index (κ3) is 2.66. The van der Waals surface area contributed by atoms with Crippen LogP contribution in [0.1, 0.15) is 31.7 Å². The minimum absolute atomic E-state index is 0.202. The molecule has 0 aliphatic heterocycles. The molecule has 0 amide bonds. The number of benzene rings is 1. The maximum atomic E-state index is 13.0. The molecule has 4 nitrogen and oxygen atoms in total. The average Bonchev–Trinajstić information content (AvgIpc) is 2.83. The maximum Gasteiger partial charge on any atom is 0.319 e. The summed E-state index contributed by atoms with van der Waals surface area (Å²) in [7, 11) is 1.30. The number of Topliss-reactive ketones (excluding diaryl/α,β-unsaturated/α-hetero) is 1. The van der Waals surface area contributed by atoms with E-state index in [4.69, 9.17) is 16.3 Å². The van der Waals surface area contributed by atoms with Gasteiger partial charge in [-0.3, -0.25) is 9.59 Å². The lowest BCUT2D eigenvalue weighted by molar-refractivity contribution is -0.158. The monoisotopic (exact) mass is 324 g/mol. The molecule has 2 rings (SSSR count). The molecule has 0 spiro atoms. The average molecular weight is 325 g/mol. The number of rotatable bonds is 5. The number of hydrogen-bond acceptors (Lipinski definition) is 4. The smallest absolute Gasteiger partial charge is 0.319 e. The van der Waals surface area contributed by atoms with Gasteiger partial charge in [-0.15, -0.1) is 0 Å². The van der Waals surface area contributed by atoms with Gasteiger partial charge in [-0.25, -0.2) is 0 Å². The number of methoxy groups -OCH3 is 1. The van der Waals surface area contributed by atoms with Crippen LogP contribution in [0.5, 0.6) is 0 Å². The van der Waals surface area contributed by atoms with Crippen molar-refractivity contribution < 1.29 is 19.4 Å². The molecule has 1 aromatic carbocycles. The Labute approximate surface area is 135 Å². The van der Waals surface area contributed by atoms with E-state index < -0.39 is 16.8 Å². The van der Waals surface area contributed by atoms with E-state index in [0.717, 1.165) is 5.56 Å². The van der Waals surface area contributed by atoms with Crippen LogP contribution in [-0.4, -0.2) is 30.6 Å². The number of carbonyl (C=O) groups excluding carboxylic acids is 2. The topological polar surface area (TPSA) is 63.6 Å². The van der Waals surface area contributed by atoms with Crippen LogP contribution in [0.3, 0.4) is 0 Å². The van der Waals surface area contributed by atoms with Crippen molar-refractivity contribution in [2.24, 2.45) is 10.8 Å². The molecule has 1 N–H and O–H groups in total. The minimum atomic E-state index is -1.21. The zero-order valence-corrected chi connectivity index (χ0v) is 13.7. The van der Waals surface area contributed by atoms with Crippen molar-refractivity contribution in [2.75, 3.05) is 13.7 Å². The van der Waals surface area contributed by atoms with Gasteiger partial charge in [-0.05, 0) is 43.4 Å². The van der Waals surface area contributed by atoms with Crippen LogP contribution < -0.4 is 0 Å². The first-order valence-corrected chi connectivity index (χ1v) is 7.80. The number of carbonyl (C=O) groups is 2. The summed E-state index contributed by atoms with van der Waals surface area (Å²) in [5, 5.41) is 10.3. The molecule has 0 aromatic heterocycles. The first kappa shape index (κ1) is 17.0. The predicted molar refractivity (Wildman–Crippen MR) is 83.7 cm³/mol. The molecule has 1 aliphatic carbocycles. The number of ketones is 1. The standard InChI is InChI=1S/C17H21ClO4/c1-3-16(11-19)8-9-17(14(16)20,15(21)22-2)10-12-4-6-13(18)7-5-12/h4-7,19H,3,8-11H2,1-2H3. The van der Waals surface area contributed by atoms with Gasteiger partial charge in [-0.1, -0.05) is 30.7 Å². The number of hydrogen-bond donors (Lipinski definition) is 1. The molecule has 2 unspecified atom stereocenters. The van der Waals surface area contributed by atoms with Crippen LogP contribution >= 0.6 is 11.6 Å². The van der Waals surface area contributed by atoms with Crippen molar-refractivity contribution in [3.8, 4) is 0 Å². The minimum Gasteiger partial charge on any atom is -0.468 e. The zero-order chi connectivity index (χ0) is 16.4. The van der Waals surface area contributed by atoms with E-state index in [1.807, 2.05) is 19.1 Å². The summed E-state index contributed by atoms with van der Waals surface area (Å²) in [5.41, 5.74) is -1.19. The largest absolute Gasteiger partial charge is 0.468 e. The fraction of sp³-hybridized carbons (Fsp3) is 0.529. The highest BCUT2D eigenvalue weighted by Gasteiger charge is 2.60. The highest BCUT2D eigenvalue weighted by atomic mass is 35.5. The van der Waals surface area contributed by atoms with Gasteiger partial charge in [0, 0.05) is 5.02 Å². The molecule has 1 aliphatic rings. The summed E-state index contributed by atoms with van der Waals surface area (Å²) in [5.74, 6) is -0.719. The summed E-state index contributed by atoms with van der Waals surface area (Å²) >= 11 is 5.88. The van der Waals surface area contributed by atoms with E-state index in [-0.39, 0.29) is 18.8 Å². The van der Waals surface area contributed by atoms with E-state index in [9.17, 15) is 14.7 Å². The van der Waals surface area contributed by atoms with Crippen LogP contribution in [0.4, 0.5) is 0 Å². The van der Waals surface area contributed by atoms with Crippen molar-refractivity contribution in [2.45, 2.75) is 32.6 Å². The normalized spacial score (nSPS) is 27.9. The second-order valence-corrected chi connectivity index (χ2v) is 6.43. The Morgan fingerprint density at radius 1 is 1.32 bits per heavy atom. The first-order valence-electron chi connectivity index (χ1n) is 7.43. The van der Waals surface area contributed by atoms with E-state index in [1.54, 1.807) is 12.1 Å². The fourth-order valence-corrected chi connectivity index (χ4v) is 3.49. The molecule has 2 atom stereocenters. The van der Waals surface area contributed by atoms with Crippen LogP contribution in [0, 0.1) is 10.8 Å². The van der Waals surface area contributed by atoms with Crippen molar-refractivity contribution in [3.05, 3.63) is 34.9 Å². The number of aliphatic hydroxyl groups is 1. The Balaban J connectivity index is 2.40. The molecule has 1 aromatic rings. The third-order valence-corrected chi connectivity index (χ3v) is 5.17. The number of esters is 1. The van der Waals surface area contributed by atoms with Gasteiger partial charge in [0.15, 0.2) is 5.78 Å².